The van der Waals surface area contributed by atoms with E-state index in [0.717, 1.165) is 5.56 Å². The fourth-order valence-corrected chi connectivity index (χ4v) is 1.77. The topological polar surface area (TPSA) is 47.6 Å². The zero-order valence-electron chi connectivity index (χ0n) is 10.00. The third kappa shape index (κ3) is 2.52. The van der Waals surface area contributed by atoms with Gasteiger partial charge in [0.2, 0.25) is 5.91 Å². The molecule has 1 aromatic carbocycles. The molecule has 1 amide bonds. The first kappa shape index (κ1) is 12.6. The molecule has 1 aliphatic heterocycles. The van der Waals surface area contributed by atoms with Crippen LogP contribution in [0.4, 0.5) is 8.78 Å². The number of benzene rings is 1. The van der Waals surface area contributed by atoms with Gasteiger partial charge in [-0.2, -0.15) is 0 Å². The van der Waals surface area contributed by atoms with Crippen molar-refractivity contribution in [3.63, 3.8) is 0 Å². The summed E-state index contributed by atoms with van der Waals surface area (Å²) >= 11 is 0. The Hall–Kier alpha value is -1.85. The van der Waals surface area contributed by atoms with Crippen molar-refractivity contribution in [2.45, 2.75) is 25.6 Å². The predicted molar refractivity (Wildman–Crippen MR) is 59.7 cm³/mol. The molecule has 0 bridgehead atoms. The number of halogens is 2. The lowest BCUT2D eigenvalue weighted by Gasteiger charge is -2.11. The number of carbonyl (C=O) groups excluding carboxylic acids is 1. The Morgan fingerprint density at radius 2 is 2.06 bits per heavy atom. The van der Waals surface area contributed by atoms with Crippen LogP contribution in [-0.4, -0.2) is 19.2 Å². The van der Waals surface area contributed by atoms with E-state index in [0.29, 0.717) is 0 Å². The van der Waals surface area contributed by atoms with Crippen LogP contribution >= 0.6 is 0 Å². The van der Waals surface area contributed by atoms with Gasteiger partial charge in [-0.15, -0.1) is 8.78 Å². The highest BCUT2D eigenvalue weighted by atomic mass is 19.3. The second-order valence-electron chi connectivity index (χ2n) is 4.15. The van der Waals surface area contributed by atoms with E-state index >= 15 is 0 Å². The monoisotopic (exact) mass is 257 g/mol. The average Bonchev–Trinajstić information content (AvgIpc) is 2.61. The summed E-state index contributed by atoms with van der Waals surface area (Å²) < 4.78 is 34.3. The maximum atomic E-state index is 12.8. The SMILES string of the molecule is CNC(=O)CC(C)c1ccc2c(c1)OC(F)(F)O2. The van der Waals surface area contributed by atoms with Gasteiger partial charge >= 0.3 is 6.29 Å². The Labute approximate surface area is 103 Å². The summed E-state index contributed by atoms with van der Waals surface area (Å²) in [7, 11) is 1.55. The molecule has 1 unspecified atom stereocenters. The van der Waals surface area contributed by atoms with Crippen LogP contribution < -0.4 is 14.8 Å². The summed E-state index contributed by atoms with van der Waals surface area (Å²) in [6, 6.07) is 4.55. The molecule has 0 aliphatic carbocycles. The van der Waals surface area contributed by atoms with E-state index in [4.69, 9.17) is 0 Å². The smallest absolute Gasteiger partial charge is 0.395 e. The maximum Gasteiger partial charge on any atom is 0.586 e. The van der Waals surface area contributed by atoms with Gasteiger partial charge in [0.25, 0.3) is 0 Å². The molecule has 0 saturated heterocycles. The van der Waals surface area contributed by atoms with Crippen LogP contribution in [-0.2, 0) is 4.79 Å². The molecule has 0 saturated carbocycles. The maximum absolute atomic E-state index is 12.8. The molecular formula is C12H13F2NO3. The Kier molecular flexibility index (Phi) is 3.11. The minimum atomic E-state index is -3.61. The van der Waals surface area contributed by atoms with Gasteiger partial charge in [0.1, 0.15) is 0 Å². The molecule has 1 N–H and O–H groups in total. The van der Waals surface area contributed by atoms with Crippen molar-refractivity contribution in [3.05, 3.63) is 23.8 Å². The second kappa shape index (κ2) is 4.44. The van der Waals surface area contributed by atoms with E-state index in [1.54, 1.807) is 13.1 Å². The van der Waals surface area contributed by atoms with E-state index in [1.165, 1.54) is 12.1 Å². The largest absolute Gasteiger partial charge is 0.586 e. The molecule has 0 aromatic heterocycles. The first-order valence-electron chi connectivity index (χ1n) is 5.51. The fourth-order valence-electron chi connectivity index (χ4n) is 1.77. The molecule has 4 nitrogen and oxygen atoms in total. The minimum Gasteiger partial charge on any atom is -0.395 e. The number of alkyl halides is 2. The summed E-state index contributed by atoms with van der Waals surface area (Å²) in [6.07, 6.45) is -3.32. The number of carbonyl (C=O) groups is 1. The summed E-state index contributed by atoms with van der Waals surface area (Å²) in [6.45, 7) is 1.84. The van der Waals surface area contributed by atoms with Crippen LogP contribution in [0, 0.1) is 0 Å². The number of fused-ring (bicyclic) bond motifs is 1. The molecule has 0 spiro atoms. The molecule has 0 fully saturated rings. The number of amides is 1. The lowest BCUT2D eigenvalue weighted by molar-refractivity contribution is -0.286. The Balaban J connectivity index is 2.16. The minimum absolute atomic E-state index is 0.00116. The summed E-state index contributed by atoms with van der Waals surface area (Å²) in [4.78, 5) is 11.2. The molecule has 1 aliphatic rings. The Morgan fingerprint density at radius 1 is 1.39 bits per heavy atom. The highest BCUT2D eigenvalue weighted by molar-refractivity contribution is 5.76. The van der Waals surface area contributed by atoms with Crippen LogP contribution in [0.5, 0.6) is 11.5 Å². The van der Waals surface area contributed by atoms with Gasteiger partial charge in [0.05, 0.1) is 0 Å². The van der Waals surface area contributed by atoms with Crippen molar-refractivity contribution >= 4 is 5.91 Å². The van der Waals surface area contributed by atoms with Gasteiger partial charge in [-0.25, -0.2) is 0 Å². The van der Waals surface area contributed by atoms with Gasteiger partial charge in [0.15, 0.2) is 11.5 Å². The molecule has 1 aromatic rings. The van der Waals surface area contributed by atoms with Gasteiger partial charge in [-0.05, 0) is 23.6 Å². The van der Waals surface area contributed by atoms with Crippen molar-refractivity contribution in [1.29, 1.82) is 0 Å². The van der Waals surface area contributed by atoms with Crippen LogP contribution in [0.15, 0.2) is 18.2 Å². The van der Waals surface area contributed by atoms with Crippen LogP contribution in [0.3, 0.4) is 0 Å². The molecule has 98 valence electrons. The summed E-state index contributed by atoms with van der Waals surface area (Å²) in [5.41, 5.74) is 0.749. The summed E-state index contributed by atoms with van der Waals surface area (Å²) in [5.74, 6) is -0.185. The Morgan fingerprint density at radius 3 is 2.72 bits per heavy atom. The number of hydrogen-bond acceptors (Lipinski definition) is 3. The first-order valence-corrected chi connectivity index (χ1v) is 5.51. The number of rotatable bonds is 3. The first-order chi connectivity index (χ1) is 8.41. The van der Waals surface area contributed by atoms with Gasteiger partial charge < -0.3 is 14.8 Å². The molecule has 1 atom stereocenters. The highest BCUT2D eigenvalue weighted by Crippen LogP contribution is 2.42. The summed E-state index contributed by atoms with van der Waals surface area (Å²) in [5, 5.41) is 2.52. The number of nitrogens with one attached hydrogen (secondary N) is 1. The number of hydrogen-bond donors (Lipinski definition) is 1. The predicted octanol–water partition coefficient (Wildman–Crippen LogP) is 2.25. The fraction of sp³-hybridized carbons (Fsp3) is 0.417. The van der Waals surface area contributed by atoms with Crippen LogP contribution in [0.2, 0.25) is 0 Å². The van der Waals surface area contributed by atoms with Crippen molar-refractivity contribution in [3.8, 4) is 11.5 Å². The third-order valence-electron chi connectivity index (χ3n) is 2.76. The molecule has 18 heavy (non-hydrogen) atoms. The van der Waals surface area contributed by atoms with Crippen LogP contribution in [0.1, 0.15) is 24.8 Å². The quantitative estimate of drug-likeness (QED) is 0.903. The van der Waals surface area contributed by atoms with E-state index in [-0.39, 0.29) is 29.7 Å². The van der Waals surface area contributed by atoms with Gasteiger partial charge in [-0.1, -0.05) is 13.0 Å². The van der Waals surface area contributed by atoms with E-state index in [1.807, 2.05) is 6.92 Å². The van der Waals surface area contributed by atoms with Gasteiger partial charge in [0, 0.05) is 13.5 Å². The zero-order valence-corrected chi connectivity index (χ0v) is 10.00. The number of ether oxygens (including phenoxy) is 2. The lowest BCUT2D eigenvalue weighted by Crippen LogP contribution is -2.25. The van der Waals surface area contributed by atoms with Crippen molar-refractivity contribution in [2.75, 3.05) is 7.05 Å². The van der Waals surface area contributed by atoms with E-state index < -0.39 is 6.29 Å². The second-order valence-corrected chi connectivity index (χ2v) is 4.15. The Bertz CT molecular complexity index is 476. The van der Waals surface area contributed by atoms with Gasteiger partial charge in [-0.3, -0.25) is 4.79 Å². The van der Waals surface area contributed by atoms with E-state index in [9.17, 15) is 13.6 Å². The van der Waals surface area contributed by atoms with Crippen molar-refractivity contribution in [2.24, 2.45) is 0 Å². The third-order valence-corrected chi connectivity index (χ3v) is 2.76. The molecule has 2 rings (SSSR count). The molecule has 1 heterocycles. The normalized spacial score (nSPS) is 17.3. The standard InChI is InChI=1S/C12H13F2NO3/c1-7(5-11(16)15-2)8-3-4-9-10(6-8)18-12(13,14)17-9/h3-4,6-7H,5H2,1-2H3,(H,15,16). The van der Waals surface area contributed by atoms with Crippen molar-refractivity contribution in [1.82, 2.24) is 5.32 Å². The van der Waals surface area contributed by atoms with Crippen molar-refractivity contribution < 1.29 is 23.0 Å². The molecule has 6 heteroatoms. The molecular weight excluding hydrogens is 244 g/mol. The zero-order chi connectivity index (χ0) is 13.3. The van der Waals surface area contributed by atoms with E-state index in [2.05, 4.69) is 14.8 Å². The van der Waals surface area contributed by atoms with Crippen LogP contribution in [0.25, 0.3) is 0 Å². The molecule has 0 radical (unpaired) electrons. The highest BCUT2D eigenvalue weighted by Gasteiger charge is 2.43. The average molecular weight is 257 g/mol. The lowest BCUT2D eigenvalue weighted by atomic mass is 9.97.